The topological polar surface area (TPSA) is 114 Å². The minimum atomic E-state index is -0.635. The Morgan fingerprint density at radius 3 is 2.53 bits per heavy atom. The Hall–Kier alpha value is -2.94. The molecule has 1 aromatic carbocycles. The Kier molecular flexibility index (Phi) is 5.46. The molecule has 158 valence electrons. The molecule has 0 saturated heterocycles. The minimum absolute atomic E-state index is 0.00295. The fourth-order valence-electron chi connectivity index (χ4n) is 4.06. The molecule has 30 heavy (non-hydrogen) atoms. The highest BCUT2D eigenvalue weighted by Crippen LogP contribution is 2.47. The Labute approximate surface area is 177 Å². The number of anilines is 1. The molecule has 0 radical (unpaired) electrons. The molecule has 2 aliphatic rings. The number of hydrogen-bond acceptors (Lipinski definition) is 8. The molecule has 9 heteroatoms. The second-order valence-corrected chi connectivity index (χ2v) is 8.32. The normalized spacial score (nSPS) is 17.8. The van der Waals surface area contributed by atoms with E-state index in [9.17, 15) is 14.7 Å². The average Bonchev–Trinajstić information content (AvgIpc) is 2.73. The molecule has 1 aliphatic carbocycles. The SMILES string of the molecule is CCSc1nc2c(c(=O)[nH]1)C(c1cc(OC)c(O)c(OC)c1)C1=C(CCCC1=O)N2. The minimum Gasteiger partial charge on any atom is -0.502 e. The van der Waals surface area contributed by atoms with Gasteiger partial charge >= 0.3 is 0 Å². The summed E-state index contributed by atoms with van der Waals surface area (Å²) in [6, 6.07) is 3.27. The maximum atomic E-state index is 13.1. The summed E-state index contributed by atoms with van der Waals surface area (Å²) < 4.78 is 10.6. The van der Waals surface area contributed by atoms with E-state index in [-0.39, 0.29) is 28.6 Å². The van der Waals surface area contributed by atoms with Gasteiger partial charge in [-0.05, 0) is 36.3 Å². The molecule has 0 saturated carbocycles. The van der Waals surface area contributed by atoms with E-state index < -0.39 is 5.92 Å². The quantitative estimate of drug-likeness (QED) is 0.491. The third-order valence-corrected chi connectivity index (χ3v) is 6.11. The number of phenolic OH excluding ortho intramolecular Hbond substituents is 1. The molecule has 3 N–H and O–H groups in total. The number of thioether (sulfide) groups is 1. The van der Waals surface area contributed by atoms with Crippen LogP contribution in [0.1, 0.15) is 43.2 Å². The average molecular weight is 429 g/mol. The number of Topliss-reactive ketones (excluding diaryl/α,β-unsaturated/α-hetero) is 1. The first-order valence-electron chi connectivity index (χ1n) is 9.73. The number of methoxy groups -OCH3 is 2. The van der Waals surface area contributed by atoms with E-state index in [2.05, 4.69) is 15.3 Å². The molecule has 8 nitrogen and oxygen atoms in total. The van der Waals surface area contributed by atoms with E-state index >= 15 is 0 Å². The summed E-state index contributed by atoms with van der Waals surface area (Å²) in [5, 5.41) is 14.1. The van der Waals surface area contributed by atoms with Crippen LogP contribution in [0, 0.1) is 0 Å². The smallest absolute Gasteiger partial charge is 0.257 e. The van der Waals surface area contributed by atoms with Crippen molar-refractivity contribution in [1.82, 2.24) is 9.97 Å². The summed E-state index contributed by atoms with van der Waals surface area (Å²) in [6.07, 6.45) is 1.87. The molecule has 0 spiro atoms. The van der Waals surface area contributed by atoms with Gasteiger partial charge in [-0.2, -0.15) is 0 Å². The van der Waals surface area contributed by atoms with Gasteiger partial charge in [-0.3, -0.25) is 9.59 Å². The number of ether oxygens (including phenoxy) is 2. The lowest BCUT2D eigenvalue weighted by Gasteiger charge is -2.33. The number of hydrogen-bond donors (Lipinski definition) is 3. The van der Waals surface area contributed by atoms with Gasteiger partial charge in [0.05, 0.1) is 19.8 Å². The fourth-order valence-corrected chi connectivity index (χ4v) is 4.65. The summed E-state index contributed by atoms with van der Waals surface area (Å²) in [7, 11) is 2.88. The van der Waals surface area contributed by atoms with Crippen molar-refractivity contribution in [3.8, 4) is 17.2 Å². The number of rotatable bonds is 5. The number of aromatic hydroxyl groups is 1. The number of H-pyrrole nitrogens is 1. The standard InChI is InChI=1S/C21H23N3O5S/c1-4-30-21-23-19-17(20(27)24-21)15(16-11(22-19)6-5-7-12(16)25)10-8-13(28-2)18(26)14(9-10)29-3/h8-9,15,26H,4-7H2,1-3H3,(H2,22,23,24,27). The van der Waals surface area contributed by atoms with Gasteiger partial charge in [-0.15, -0.1) is 0 Å². The van der Waals surface area contributed by atoms with Gasteiger partial charge in [0.15, 0.2) is 22.4 Å². The number of phenols is 1. The third kappa shape index (κ3) is 3.32. The summed E-state index contributed by atoms with van der Waals surface area (Å²) in [6.45, 7) is 1.98. The highest BCUT2D eigenvalue weighted by atomic mass is 32.2. The largest absolute Gasteiger partial charge is 0.502 e. The van der Waals surface area contributed by atoms with Crippen molar-refractivity contribution in [2.24, 2.45) is 0 Å². The number of nitrogens with one attached hydrogen (secondary N) is 2. The second-order valence-electron chi connectivity index (χ2n) is 7.07. The molecule has 1 aliphatic heterocycles. The zero-order chi connectivity index (χ0) is 21.4. The third-order valence-electron chi connectivity index (χ3n) is 5.35. The van der Waals surface area contributed by atoms with E-state index in [1.807, 2.05) is 6.92 Å². The Morgan fingerprint density at radius 1 is 1.20 bits per heavy atom. The number of carbonyl (C=O) groups excluding carboxylic acids is 1. The van der Waals surface area contributed by atoms with Crippen molar-refractivity contribution in [2.75, 3.05) is 25.3 Å². The maximum absolute atomic E-state index is 13.1. The monoisotopic (exact) mass is 429 g/mol. The number of fused-ring (bicyclic) bond motifs is 1. The van der Waals surface area contributed by atoms with Gasteiger partial charge in [0.25, 0.3) is 5.56 Å². The van der Waals surface area contributed by atoms with Crippen LogP contribution >= 0.6 is 11.8 Å². The van der Waals surface area contributed by atoms with E-state index in [4.69, 9.17) is 9.47 Å². The highest BCUT2D eigenvalue weighted by molar-refractivity contribution is 7.99. The van der Waals surface area contributed by atoms with Crippen LogP contribution < -0.4 is 20.3 Å². The van der Waals surface area contributed by atoms with Gasteiger partial charge in [-0.25, -0.2) is 4.98 Å². The molecule has 1 atom stereocenters. The van der Waals surface area contributed by atoms with Gasteiger partial charge in [0, 0.05) is 23.6 Å². The van der Waals surface area contributed by atoms with Crippen LogP contribution in [0.5, 0.6) is 17.2 Å². The fraction of sp³-hybridized carbons (Fsp3) is 0.381. The number of allylic oxidation sites excluding steroid dienone is 2. The molecule has 1 unspecified atom stereocenters. The van der Waals surface area contributed by atoms with E-state index in [1.165, 1.54) is 26.0 Å². The summed E-state index contributed by atoms with van der Waals surface area (Å²) in [4.78, 5) is 33.5. The first kappa shape index (κ1) is 20.3. The second kappa shape index (κ2) is 8.06. The van der Waals surface area contributed by atoms with Gasteiger partial charge in [0.1, 0.15) is 5.82 Å². The van der Waals surface area contributed by atoms with E-state index in [1.54, 1.807) is 12.1 Å². The number of aromatic amines is 1. The van der Waals surface area contributed by atoms with E-state index in [0.29, 0.717) is 40.5 Å². The molecule has 0 amide bonds. The summed E-state index contributed by atoms with van der Waals surface area (Å²) in [5.41, 5.74) is 2.05. The predicted octanol–water partition coefficient (Wildman–Crippen LogP) is 3.17. The van der Waals surface area contributed by atoms with Crippen LogP contribution in [-0.2, 0) is 4.79 Å². The molecule has 2 heterocycles. The number of nitrogens with zero attached hydrogens (tertiary/aromatic N) is 1. The van der Waals surface area contributed by atoms with Crippen LogP contribution in [0.4, 0.5) is 5.82 Å². The van der Waals surface area contributed by atoms with Crippen molar-refractivity contribution in [3.05, 3.63) is 44.9 Å². The Balaban J connectivity index is 1.99. The van der Waals surface area contributed by atoms with Crippen LogP contribution in [0.25, 0.3) is 0 Å². The zero-order valence-corrected chi connectivity index (χ0v) is 17.8. The molecular weight excluding hydrogens is 406 g/mol. The van der Waals surface area contributed by atoms with Gasteiger partial charge < -0.3 is 24.9 Å². The zero-order valence-electron chi connectivity index (χ0n) is 17.0. The van der Waals surface area contributed by atoms with E-state index in [0.717, 1.165) is 17.9 Å². The number of carbonyl (C=O) groups is 1. The first-order valence-corrected chi connectivity index (χ1v) is 10.7. The molecule has 2 aromatic rings. The molecule has 0 fully saturated rings. The van der Waals surface area contributed by atoms with Crippen molar-refractivity contribution in [3.63, 3.8) is 0 Å². The van der Waals surface area contributed by atoms with Crippen molar-refractivity contribution >= 4 is 23.4 Å². The number of ketones is 1. The maximum Gasteiger partial charge on any atom is 0.257 e. The highest BCUT2D eigenvalue weighted by Gasteiger charge is 2.38. The molecular formula is C21H23N3O5S. The van der Waals surface area contributed by atoms with Gasteiger partial charge in [-0.1, -0.05) is 18.7 Å². The van der Waals surface area contributed by atoms with Crippen molar-refractivity contribution in [2.45, 2.75) is 37.3 Å². The molecule has 4 rings (SSSR count). The van der Waals surface area contributed by atoms with Crippen LogP contribution in [0.15, 0.2) is 33.4 Å². The van der Waals surface area contributed by atoms with Gasteiger partial charge in [0.2, 0.25) is 5.75 Å². The lowest BCUT2D eigenvalue weighted by Crippen LogP contribution is -2.32. The lowest BCUT2D eigenvalue weighted by molar-refractivity contribution is -0.116. The Bertz CT molecular complexity index is 1080. The number of aromatic nitrogens is 2. The van der Waals surface area contributed by atoms with Crippen LogP contribution in [0.2, 0.25) is 0 Å². The molecule has 1 aromatic heterocycles. The predicted molar refractivity (Wildman–Crippen MR) is 114 cm³/mol. The number of benzene rings is 1. The molecule has 0 bridgehead atoms. The summed E-state index contributed by atoms with van der Waals surface area (Å²) >= 11 is 1.44. The lowest BCUT2D eigenvalue weighted by atomic mass is 9.76. The Morgan fingerprint density at radius 2 is 1.90 bits per heavy atom. The van der Waals surface area contributed by atoms with Crippen molar-refractivity contribution < 1.29 is 19.4 Å². The first-order chi connectivity index (χ1) is 14.5. The van der Waals surface area contributed by atoms with Crippen LogP contribution in [0.3, 0.4) is 0 Å². The van der Waals surface area contributed by atoms with Crippen molar-refractivity contribution in [1.29, 1.82) is 0 Å². The van der Waals surface area contributed by atoms with Crippen LogP contribution in [-0.4, -0.2) is 40.8 Å². The summed E-state index contributed by atoms with van der Waals surface area (Å²) in [5.74, 6) is 0.864.